The SMILES string of the molecule is CC(=O)OC1OC2OC(=O)C(OC(C)=O)C1C2C1(C)CCC2C(C)(C)CCCC23CC13. The zero-order valence-corrected chi connectivity index (χ0v) is 19.1. The largest absolute Gasteiger partial charge is 0.450 e. The summed E-state index contributed by atoms with van der Waals surface area (Å²) in [5.41, 5.74) is 0.570. The summed E-state index contributed by atoms with van der Waals surface area (Å²) in [4.78, 5) is 36.2. The first-order valence-corrected chi connectivity index (χ1v) is 11.7. The van der Waals surface area contributed by atoms with Crippen LogP contribution < -0.4 is 0 Å². The molecule has 0 aromatic heterocycles. The molecule has 5 fully saturated rings. The maximum atomic E-state index is 12.6. The van der Waals surface area contributed by atoms with Crippen LogP contribution in [0.4, 0.5) is 0 Å². The van der Waals surface area contributed by atoms with Gasteiger partial charge in [0, 0.05) is 19.8 Å². The molecule has 7 nitrogen and oxygen atoms in total. The smallest absolute Gasteiger partial charge is 0.350 e. The van der Waals surface area contributed by atoms with E-state index in [1.54, 1.807) is 0 Å². The number of carbonyl (C=O) groups excluding carboxylic acids is 3. The Labute approximate surface area is 183 Å². The number of hydrogen-bond acceptors (Lipinski definition) is 7. The lowest BCUT2D eigenvalue weighted by atomic mass is 9.50. The number of rotatable bonds is 3. The lowest BCUT2D eigenvalue weighted by molar-refractivity contribution is -0.221. The van der Waals surface area contributed by atoms with E-state index in [4.69, 9.17) is 18.9 Å². The third kappa shape index (κ3) is 2.98. The van der Waals surface area contributed by atoms with E-state index < -0.39 is 42.5 Å². The molecule has 2 bridgehead atoms. The zero-order valence-electron chi connectivity index (χ0n) is 19.1. The van der Waals surface area contributed by atoms with Crippen molar-refractivity contribution in [1.29, 1.82) is 0 Å². The summed E-state index contributed by atoms with van der Waals surface area (Å²) in [5, 5.41) is 0. The van der Waals surface area contributed by atoms with E-state index in [2.05, 4.69) is 20.8 Å². The minimum absolute atomic E-state index is 0.132. The Morgan fingerprint density at radius 3 is 2.39 bits per heavy atom. The zero-order chi connectivity index (χ0) is 22.3. The van der Waals surface area contributed by atoms with E-state index >= 15 is 0 Å². The maximum absolute atomic E-state index is 12.6. The number of fused-ring (bicyclic) bond motifs is 2. The van der Waals surface area contributed by atoms with Crippen molar-refractivity contribution in [2.45, 2.75) is 91.8 Å². The summed E-state index contributed by atoms with van der Waals surface area (Å²) >= 11 is 0. The van der Waals surface area contributed by atoms with Gasteiger partial charge in [0.15, 0.2) is 0 Å². The van der Waals surface area contributed by atoms with Crippen LogP contribution in [-0.2, 0) is 33.3 Å². The Kier molecular flexibility index (Phi) is 4.58. The van der Waals surface area contributed by atoms with Gasteiger partial charge >= 0.3 is 17.9 Å². The van der Waals surface area contributed by atoms with Crippen LogP contribution in [0.15, 0.2) is 0 Å². The van der Waals surface area contributed by atoms with Crippen molar-refractivity contribution >= 4 is 17.9 Å². The van der Waals surface area contributed by atoms with Crippen molar-refractivity contribution in [3.05, 3.63) is 0 Å². The van der Waals surface area contributed by atoms with Crippen molar-refractivity contribution in [2.24, 2.45) is 39.9 Å². The fourth-order valence-electron chi connectivity index (χ4n) is 8.33. The van der Waals surface area contributed by atoms with Crippen LogP contribution in [0.25, 0.3) is 0 Å². The number of ether oxygens (including phenoxy) is 4. The molecule has 0 radical (unpaired) electrons. The highest BCUT2D eigenvalue weighted by atomic mass is 16.8. The first-order chi connectivity index (χ1) is 14.5. The van der Waals surface area contributed by atoms with Crippen molar-refractivity contribution in [2.75, 3.05) is 0 Å². The van der Waals surface area contributed by atoms with Gasteiger partial charge in [0.25, 0.3) is 0 Å². The molecule has 2 heterocycles. The molecule has 5 rings (SSSR count). The monoisotopic (exact) mass is 434 g/mol. The van der Waals surface area contributed by atoms with Crippen LogP contribution in [0, 0.1) is 39.9 Å². The Morgan fingerprint density at radius 1 is 1.00 bits per heavy atom. The second kappa shape index (κ2) is 6.69. The van der Waals surface area contributed by atoms with Crippen LogP contribution in [0.2, 0.25) is 0 Å². The lowest BCUT2D eigenvalue weighted by Gasteiger charge is -2.54. The van der Waals surface area contributed by atoms with Gasteiger partial charge < -0.3 is 18.9 Å². The van der Waals surface area contributed by atoms with Gasteiger partial charge in [0.2, 0.25) is 18.7 Å². The van der Waals surface area contributed by atoms with Gasteiger partial charge in [0.1, 0.15) is 0 Å². The van der Waals surface area contributed by atoms with E-state index in [1.165, 1.54) is 39.5 Å². The van der Waals surface area contributed by atoms with Crippen LogP contribution in [0.5, 0.6) is 0 Å². The minimum Gasteiger partial charge on any atom is -0.450 e. The fourth-order valence-corrected chi connectivity index (χ4v) is 8.33. The summed E-state index contributed by atoms with van der Waals surface area (Å²) < 4.78 is 22.5. The standard InChI is InChI=1S/C24H34O7/c1-12(25)28-18-16-17(21(30-19(18)27)31-20(16)29-13(2)26)23(5)10-7-14-22(3,4)8-6-9-24(14)11-15(23)24/h14-18,20-21H,6-11H2,1-5H3. The van der Waals surface area contributed by atoms with Gasteiger partial charge in [-0.2, -0.15) is 0 Å². The quantitative estimate of drug-likeness (QED) is 0.495. The van der Waals surface area contributed by atoms with Crippen molar-refractivity contribution in [1.82, 2.24) is 0 Å². The summed E-state index contributed by atoms with van der Waals surface area (Å²) in [7, 11) is 0. The Morgan fingerprint density at radius 2 is 1.71 bits per heavy atom. The summed E-state index contributed by atoms with van der Waals surface area (Å²) in [5.74, 6) is -1.15. The molecule has 3 aliphatic carbocycles. The highest BCUT2D eigenvalue weighted by molar-refractivity contribution is 5.80. The third-order valence-corrected chi connectivity index (χ3v) is 9.43. The maximum Gasteiger partial charge on any atom is 0.350 e. The average Bonchev–Trinajstić information content (AvgIpc) is 3.30. The van der Waals surface area contributed by atoms with E-state index in [-0.39, 0.29) is 11.3 Å². The summed E-state index contributed by atoms with van der Waals surface area (Å²) in [6.45, 7) is 9.71. The fraction of sp³-hybridized carbons (Fsp3) is 0.875. The molecule has 0 amide bonds. The first kappa shape index (κ1) is 21.2. The molecule has 1 spiro atoms. The molecule has 0 aromatic carbocycles. The van der Waals surface area contributed by atoms with E-state index in [0.29, 0.717) is 22.7 Å². The Hall–Kier alpha value is -1.63. The molecule has 0 aromatic rings. The van der Waals surface area contributed by atoms with Crippen LogP contribution >= 0.6 is 0 Å². The number of esters is 3. The molecule has 5 aliphatic rings. The summed E-state index contributed by atoms with van der Waals surface area (Å²) in [6.07, 6.45) is 4.29. The topological polar surface area (TPSA) is 88.1 Å². The van der Waals surface area contributed by atoms with Gasteiger partial charge in [-0.05, 0) is 60.2 Å². The van der Waals surface area contributed by atoms with Crippen LogP contribution in [-0.4, -0.2) is 36.6 Å². The van der Waals surface area contributed by atoms with Crippen molar-refractivity contribution in [3.8, 4) is 0 Å². The Bertz CT molecular complexity index is 821. The molecule has 0 N–H and O–H groups in total. The van der Waals surface area contributed by atoms with Gasteiger partial charge in [0.05, 0.1) is 5.92 Å². The second-order valence-corrected chi connectivity index (χ2v) is 11.5. The van der Waals surface area contributed by atoms with Gasteiger partial charge in [-0.25, -0.2) is 4.79 Å². The molecule has 3 saturated carbocycles. The molecule has 2 aliphatic heterocycles. The molecular formula is C24H34O7. The van der Waals surface area contributed by atoms with E-state index in [0.717, 1.165) is 12.8 Å². The second-order valence-electron chi connectivity index (χ2n) is 11.5. The van der Waals surface area contributed by atoms with Gasteiger partial charge in [-0.3, -0.25) is 9.59 Å². The van der Waals surface area contributed by atoms with Crippen LogP contribution in [0.3, 0.4) is 0 Å². The molecule has 31 heavy (non-hydrogen) atoms. The van der Waals surface area contributed by atoms with Crippen LogP contribution in [0.1, 0.15) is 73.1 Å². The Balaban J connectivity index is 1.50. The van der Waals surface area contributed by atoms with E-state index in [9.17, 15) is 14.4 Å². The average molecular weight is 435 g/mol. The first-order valence-electron chi connectivity index (χ1n) is 11.7. The molecule has 172 valence electrons. The van der Waals surface area contributed by atoms with Crippen molar-refractivity contribution < 1.29 is 33.3 Å². The van der Waals surface area contributed by atoms with Gasteiger partial charge in [-0.15, -0.1) is 0 Å². The summed E-state index contributed by atoms with van der Waals surface area (Å²) in [6, 6.07) is 0. The highest BCUT2D eigenvalue weighted by Gasteiger charge is 2.75. The molecule has 7 heteroatoms. The van der Waals surface area contributed by atoms with Crippen molar-refractivity contribution in [3.63, 3.8) is 0 Å². The van der Waals surface area contributed by atoms with E-state index in [1.807, 2.05) is 0 Å². The van der Waals surface area contributed by atoms with Gasteiger partial charge in [-0.1, -0.05) is 27.2 Å². The third-order valence-electron chi connectivity index (χ3n) is 9.43. The predicted octanol–water partition coefficient (Wildman–Crippen LogP) is 3.59. The minimum atomic E-state index is -1.11. The normalized spacial score (nSPS) is 49.3. The number of carbonyl (C=O) groups is 3. The lowest BCUT2D eigenvalue weighted by Crippen LogP contribution is -2.55. The highest BCUT2D eigenvalue weighted by Crippen LogP contribution is 2.79. The molecule has 9 unspecified atom stereocenters. The predicted molar refractivity (Wildman–Crippen MR) is 108 cm³/mol. The molecule has 2 saturated heterocycles. The molecular weight excluding hydrogens is 400 g/mol. The number of hydrogen-bond donors (Lipinski definition) is 0. The molecule has 9 atom stereocenters.